The fourth-order valence-electron chi connectivity index (χ4n) is 7.07. The van der Waals surface area contributed by atoms with Crippen LogP contribution in [0.4, 0.5) is 9.18 Å². The highest BCUT2D eigenvalue weighted by Gasteiger charge is 2.23. The topological polar surface area (TPSA) is 93.5 Å². The molecular formula is C44H50FN3O3. The SMILES string of the molecule is C1=Cc2ccccc2C1.CCOC(=O)C1=CCc2ccccc21.NCC1CCc2ccccc21.O=C(NCCF)NCC1CCc2ccccc21. The predicted molar refractivity (Wildman–Crippen MR) is 205 cm³/mol. The number of esters is 1. The lowest BCUT2D eigenvalue weighted by Crippen LogP contribution is -2.38. The van der Waals surface area contributed by atoms with Crippen LogP contribution in [0, 0.1) is 0 Å². The van der Waals surface area contributed by atoms with E-state index in [4.69, 9.17) is 10.5 Å². The molecule has 0 aromatic heterocycles. The summed E-state index contributed by atoms with van der Waals surface area (Å²) in [5.41, 5.74) is 17.1. The van der Waals surface area contributed by atoms with Crippen molar-refractivity contribution in [2.45, 2.75) is 57.3 Å². The molecule has 6 nitrogen and oxygen atoms in total. The number of ether oxygens (including phenoxy) is 1. The number of hydrogen-bond donors (Lipinski definition) is 3. The number of alkyl halides is 1. The van der Waals surface area contributed by atoms with E-state index in [-0.39, 0.29) is 18.5 Å². The predicted octanol–water partition coefficient (Wildman–Crippen LogP) is 8.11. The maximum Gasteiger partial charge on any atom is 0.338 e. The molecule has 2 unspecified atom stereocenters. The van der Waals surface area contributed by atoms with Crippen molar-refractivity contribution < 1.29 is 18.7 Å². The van der Waals surface area contributed by atoms with Crippen LogP contribution in [0.2, 0.25) is 0 Å². The largest absolute Gasteiger partial charge is 0.462 e. The molecule has 0 bridgehead atoms. The molecule has 0 saturated heterocycles. The van der Waals surface area contributed by atoms with Gasteiger partial charge in [-0.25, -0.2) is 14.0 Å². The number of aryl methyl sites for hydroxylation is 2. The van der Waals surface area contributed by atoms with Gasteiger partial charge in [-0.2, -0.15) is 0 Å². The summed E-state index contributed by atoms with van der Waals surface area (Å²) >= 11 is 0. The Morgan fingerprint density at radius 2 is 1.37 bits per heavy atom. The Bertz CT molecular complexity index is 1820. The van der Waals surface area contributed by atoms with Gasteiger partial charge in [0.25, 0.3) is 0 Å². The Hall–Kier alpha value is -5.01. The lowest BCUT2D eigenvalue weighted by Gasteiger charge is -2.13. The number of carbonyl (C=O) groups excluding carboxylic acids is 2. The third-order valence-corrected chi connectivity index (χ3v) is 9.71. The van der Waals surface area contributed by atoms with Gasteiger partial charge in [0.1, 0.15) is 6.67 Å². The molecule has 4 N–H and O–H groups in total. The third kappa shape index (κ3) is 10.3. The smallest absolute Gasteiger partial charge is 0.338 e. The summed E-state index contributed by atoms with van der Waals surface area (Å²) in [6, 6.07) is 33.1. The van der Waals surface area contributed by atoms with Gasteiger partial charge in [-0.05, 0) is 102 Å². The molecule has 4 aromatic carbocycles. The first-order valence-electron chi connectivity index (χ1n) is 18.2. The molecule has 51 heavy (non-hydrogen) atoms. The number of benzene rings is 4. The van der Waals surface area contributed by atoms with Crippen LogP contribution in [0.25, 0.3) is 11.6 Å². The molecule has 4 aliphatic rings. The van der Waals surface area contributed by atoms with Crippen molar-refractivity contribution >= 4 is 23.6 Å². The van der Waals surface area contributed by atoms with Gasteiger partial charge >= 0.3 is 12.0 Å². The monoisotopic (exact) mass is 687 g/mol. The highest BCUT2D eigenvalue weighted by molar-refractivity contribution is 6.18. The van der Waals surface area contributed by atoms with Crippen LogP contribution in [0.15, 0.2) is 109 Å². The minimum absolute atomic E-state index is 0.0765. The second kappa shape index (κ2) is 19.4. The number of allylic oxidation sites excluding steroid dienone is 2. The summed E-state index contributed by atoms with van der Waals surface area (Å²) in [6.07, 6.45) is 12.9. The summed E-state index contributed by atoms with van der Waals surface area (Å²) < 4.78 is 16.8. The average Bonchev–Trinajstić information content (AvgIpc) is 3.99. The minimum atomic E-state index is -0.528. The lowest BCUT2D eigenvalue weighted by molar-refractivity contribution is -0.136. The maximum absolute atomic E-state index is 11.8. The van der Waals surface area contributed by atoms with Crippen molar-refractivity contribution in [3.8, 4) is 0 Å². The first-order valence-corrected chi connectivity index (χ1v) is 18.2. The zero-order valence-corrected chi connectivity index (χ0v) is 29.6. The summed E-state index contributed by atoms with van der Waals surface area (Å²) in [5, 5.41) is 5.24. The van der Waals surface area contributed by atoms with Crippen molar-refractivity contribution in [2.24, 2.45) is 5.73 Å². The van der Waals surface area contributed by atoms with Crippen molar-refractivity contribution in [3.05, 3.63) is 154 Å². The molecule has 0 fully saturated rings. The number of halogens is 1. The van der Waals surface area contributed by atoms with Gasteiger partial charge in [-0.1, -0.05) is 115 Å². The number of nitrogens with one attached hydrogen (secondary N) is 2. The van der Waals surface area contributed by atoms with Crippen LogP contribution in [0.1, 0.15) is 76.1 Å². The van der Waals surface area contributed by atoms with Gasteiger partial charge < -0.3 is 21.1 Å². The van der Waals surface area contributed by atoms with Crippen LogP contribution in [0.3, 0.4) is 0 Å². The number of nitrogens with two attached hydrogens (primary N) is 1. The van der Waals surface area contributed by atoms with Crippen LogP contribution in [0.5, 0.6) is 0 Å². The quantitative estimate of drug-likeness (QED) is 0.171. The maximum atomic E-state index is 11.8. The van der Waals surface area contributed by atoms with Gasteiger partial charge in [-0.15, -0.1) is 0 Å². The van der Waals surface area contributed by atoms with Crippen molar-refractivity contribution in [2.75, 3.05) is 32.9 Å². The Morgan fingerprint density at radius 1 is 0.765 bits per heavy atom. The number of carbonyl (C=O) groups is 2. The first kappa shape index (κ1) is 37.3. The van der Waals surface area contributed by atoms with E-state index in [0.29, 0.717) is 30.6 Å². The lowest BCUT2D eigenvalue weighted by atomic mass is 10.0. The van der Waals surface area contributed by atoms with Crippen LogP contribution in [-0.2, 0) is 35.2 Å². The van der Waals surface area contributed by atoms with E-state index < -0.39 is 6.67 Å². The number of urea groups is 1. The molecule has 8 rings (SSSR count). The van der Waals surface area contributed by atoms with E-state index in [1.165, 1.54) is 51.8 Å². The van der Waals surface area contributed by atoms with Gasteiger partial charge in [-0.3, -0.25) is 0 Å². The summed E-state index contributed by atoms with van der Waals surface area (Å²) in [4.78, 5) is 22.8. The van der Waals surface area contributed by atoms with E-state index in [9.17, 15) is 14.0 Å². The van der Waals surface area contributed by atoms with E-state index >= 15 is 0 Å². The summed E-state index contributed by atoms with van der Waals surface area (Å²) in [6.45, 7) is 3.22. The van der Waals surface area contributed by atoms with Crippen LogP contribution < -0.4 is 16.4 Å². The Balaban J connectivity index is 0.000000135. The second-order valence-corrected chi connectivity index (χ2v) is 12.9. The zero-order valence-electron chi connectivity index (χ0n) is 29.6. The fraction of sp³-hybridized carbons (Fsp3) is 0.318. The van der Waals surface area contributed by atoms with Crippen LogP contribution in [-0.4, -0.2) is 44.9 Å². The molecule has 0 saturated carbocycles. The molecular weight excluding hydrogens is 638 g/mol. The van der Waals surface area contributed by atoms with Gasteiger partial charge in [0.15, 0.2) is 0 Å². The molecule has 2 amide bonds. The number of amides is 2. The van der Waals surface area contributed by atoms with Crippen molar-refractivity contribution in [3.63, 3.8) is 0 Å². The average molecular weight is 688 g/mol. The van der Waals surface area contributed by atoms with Crippen LogP contribution >= 0.6 is 0 Å². The van der Waals surface area contributed by atoms with E-state index in [0.717, 1.165) is 37.8 Å². The van der Waals surface area contributed by atoms with E-state index in [2.05, 4.69) is 83.4 Å². The molecule has 4 aromatic rings. The second-order valence-electron chi connectivity index (χ2n) is 12.9. The van der Waals surface area contributed by atoms with Gasteiger partial charge in [0, 0.05) is 19.0 Å². The Morgan fingerprint density at radius 3 is 2.04 bits per heavy atom. The number of rotatable bonds is 7. The van der Waals surface area contributed by atoms with Gasteiger partial charge in [0.05, 0.1) is 12.2 Å². The first-order chi connectivity index (χ1) is 25.0. The van der Waals surface area contributed by atoms with E-state index in [1.54, 1.807) is 0 Å². The highest BCUT2D eigenvalue weighted by Crippen LogP contribution is 2.33. The number of fused-ring (bicyclic) bond motifs is 4. The van der Waals surface area contributed by atoms with Crippen molar-refractivity contribution in [1.29, 1.82) is 0 Å². The van der Waals surface area contributed by atoms with Crippen molar-refractivity contribution in [1.82, 2.24) is 10.6 Å². The molecule has 0 radical (unpaired) electrons. The molecule has 0 heterocycles. The molecule has 2 atom stereocenters. The minimum Gasteiger partial charge on any atom is -0.462 e. The summed E-state index contributed by atoms with van der Waals surface area (Å²) in [5.74, 6) is 0.811. The summed E-state index contributed by atoms with van der Waals surface area (Å²) in [7, 11) is 0. The normalized spacial score (nSPS) is 16.6. The molecule has 4 aliphatic carbocycles. The molecule has 7 heteroatoms. The number of hydrogen-bond acceptors (Lipinski definition) is 4. The highest BCUT2D eigenvalue weighted by atomic mass is 19.1. The standard InChI is InChI=1S/C13H17FN2O.C12H12O2.C10H13N.C9H8/c14-7-8-15-13(17)16-9-11-6-5-10-3-1-2-4-12(10)11;1-2-14-12(13)11-8-7-9-5-3-4-6-10(9)11;11-7-9-6-5-8-3-1-2-4-10(8)9;1-2-5-9-7-3-6-8(9)4-1/h1-4,11H,5-9H2,(H2,15,16,17);3-6,8H,2,7H2,1H3;1-4,9H,5-7,11H2;1-6H,7H2. The molecule has 266 valence electrons. The molecule has 0 aliphatic heterocycles. The molecule has 0 spiro atoms. The van der Waals surface area contributed by atoms with E-state index in [1.807, 2.05) is 49.4 Å². The zero-order chi connectivity index (χ0) is 35.8. The Kier molecular flexibility index (Phi) is 14.2. The third-order valence-electron chi connectivity index (χ3n) is 9.71. The van der Waals surface area contributed by atoms with Gasteiger partial charge in [0.2, 0.25) is 0 Å². The fourth-order valence-corrected chi connectivity index (χ4v) is 7.07. The Labute approximate surface area is 302 Å².